The Morgan fingerprint density at radius 1 is 1.35 bits per heavy atom. The number of hydrogen-bond acceptors (Lipinski definition) is 4. The Balaban J connectivity index is 2.30. The molecule has 2 heterocycles. The van der Waals surface area contributed by atoms with Crippen LogP contribution in [-0.2, 0) is 9.59 Å². The molecule has 0 saturated carbocycles. The predicted octanol–water partition coefficient (Wildman–Crippen LogP) is 1.14. The number of carbonyl (C=O) groups is 2. The summed E-state index contributed by atoms with van der Waals surface area (Å²) >= 11 is 1.59. The smallest absolute Gasteiger partial charge is 0.312 e. The summed E-state index contributed by atoms with van der Waals surface area (Å²) in [5.74, 6) is -0.855. The number of nitrogens with zero attached hydrogens (tertiary/aromatic N) is 2. The van der Waals surface area contributed by atoms with Crippen LogP contribution < -0.4 is 5.73 Å². The lowest BCUT2D eigenvalue weighted by Crippen LogP contribution is -2.57. The number of likely N-dealkylation sites (N-methyl/N-ethyl adjacent to an activating group) is 1. The number of rotatable bonds is 4. The predicted molar refractivity (Wildman–Crippen MR) is 79.4 cm³/mol. The Morgan fingerprint density at radius 3 is 2.55 bits per heavy atom. The van der Waals surface area contributed by atoms with E-state index in [1.807, 2.05) is 32.2 Å². The van der Waals surface area contributed by atoms with Gasteiger partial charge in [0.05, 0.1) is 6.04 Å². The molecule has 20 heavy (non-hydrogen) atoms. The number of thiophene rings is 1. The Hall–Kier alpha value is -1.40. The lowest BCUT2D eigenvalue weighted by molar-refractivity contribution is -0.158. The summed E-state index contributed by atoms with van der Waals surface area (Å²) in [7, 11) is 0. The molecule has 5 nitrogen and oxygen atoms in total. The normalized spacial score (nSPS) is 19.4. The van der Waals surface area contributed by atoms with Gasteiger partial charge in [-0.1, -0.05) is 0 Å². The minimum Gasteiger partial charge on any atom is -0.333 e. The fourth-order valence-electron chi connectivity index (χ4n) is 2.61. The molecule has 0 radical (unpaired) electrons. The highest BCUT2D eigenvalue weighted by molar-refractivity contribution is 7.10. The van der Waals surface area contributed by atoms with E-state index in [9.17, 15) is 9.59 Å². The second kappa shape index (κ2) is 5.93. The van der Waals surface area contributed by atoms with Crippen LogP contribution in [0.1, 0.15) is 30.3 Å². The highest BCUT2D eigenvalue weighted by Gasteiger charge is 2.38. The summed E-state index contributed by atoms with van der Waals surface area (Å²) in [5, 5.41) is 1.99. The molecule has 0 aliphatic carbocycles. The number of aryl methyl sites for hydroxylation is 1. The van der Waals surface area contributed by atoms with Gasteiger partial charge in [0.25, 0.3) is 0 Å². The van der Waals surface area contributed by atoms with E-state index in [1.165, 1.54) is 0 Å². The molecule has 0 aromatic carbocycles. The zero-order valence-electron chi connectivity index (χ0n) is 12.1. The van der Waals surface area contributed by atoms with Gasteiger partial charge in [-0.05, 0) is 37.8 Å². The monoisotopic (exact) mass is 295 g/mol. The second-order valence-corrected chi connectivity index (χ2v) is 6.10. The molecular weight excluding hydrogens is 274 g/mol. The van der Waals surface area contributed by atoms with Gasteiger partial charge in [0, 0.05) is 30.6 Å². The van der Waals surface area contributed by atoms with E-state index in [-0.39, 0.29) is 12.1 Å². The maximum Gasteiger partial charge on any atom is 0.312 e. The van der Waals surface area contributed by atoms with Gasteiger partial charge in [0.1, 0.15) is 0 Å². The van der Waals surface area contributed by atoms with Gasteiger partial charge >= 0.3 is 11.8 Å². The minimum absolute atomic E-state index is 0.211. The number of carbonyl (C=O) groups excluding carboxylic acids is 2. The lowest BCUT2D eigenvalue weighted by Gasteiger charge is -2.39. The van der Waals surface area contributed by atoms with Crippen LogP contribution in [0.15, 0.2) is 11.4 Å². The fraction of sp³-hybridized carbons (Fsp3) is 0.571. The molecule has 0 spiro atoms. The summed E-state index contributed by atoms with van der Waals surface area (Å²) in [6, 6.07) is 1.59. The third-order valence-corrected chi connectivity index (χ3v) is 4.82. The van der Waals surface area contributed by atoms with Gasteiger partial charge in [0.2, 0.25) is 0 Å². The lowest BCUT2D eigenvalue weighted by atomic mass is 10.0. The fourth-order valence-corrected chi connectivity index (χ4v) is 3.76. The summed E-state index contributed by atoms with van der Waals surface area (Å²) in [4.78, 5) is 28.7. The van der Waals surface area contributed by atoms with E-state index in [0.29, 0.717) is 19.6 Å². The standard InChI is InChI=1S/C14H21N3O2S/c1-4-16-6-7-17(14(19)13(16)18)11(10(3)15)12-9(2)5-8-20-12/h5,8,10-11H,4,6-7,15H2,1-3H3. The summed E-state index contributed by atoms with van der Waals surface area (Å²) in [5.41, 5.74) is 7.21. The molecule has 6 heteroatoms. The van der Waals surface area contributed by atoms with Gasteiger partial charge in [-0.15, -0.1) is 11.3 Å². The molecule has 0 bridgehead atoms. The molecule has 1 aliphatic rings. The van der Waals surface area contributed by atoms with Crippen LogP contribution in [0.3, 0.4) is 0 Å². The average molecular weight is 295 g/mol. The van der Waals surface area contributed by atoms with Crippen molar-refractivity contribution in [1.82, 2.24) is 9.80 Å². The van der Waals surface area contributed by atoms with Crippen molar-refractivity contribution in [2.75, 3.05) is 19.6 Å². The number of amides is 2. The number of piperazine rings is 1. The van der Waals surface area contributed by atoms with Crippen molar-refractivity contribution in [3.8, 4) is 0 Å². The number of nitrogens with two attached hydrogens (primary N) is 1. The molecule has 1 aliphatic heterocycles. The first-order valence-electron chi connectivity index (χ1n) is 6.86. The first-order chi connectivity index (χ1) is 9.47. The zero-order chi connectivity index (χ0) is 14.9. The van der Waals surface area contributed by atoms with E-state index in [2.05, 4.69) is 0 Å². The third kappa shape index (κ3) is 2.58. The van der Waals surface area contributed by atoms with Crippen molar-refractivity contribution < 1.29 is 9.59 Å². The van der Waals surface area contributed by atoms with Gasteiger partial charge in [-0.3, -0.25) is 9.59 Å². The average Bonchev–Trinajstić information content (AvgIpc) is 2.81. The van der Waals surface area contributed by atoms with Gasteiger partial charge in [-0.2, -0.15) is 0 Å². The molecule has 1 fully saturated rings. The van der Waals surface area contributed by atoms with E-state index in [4.69, 9.17) is 5.73 Å². The maximum absolute atomic E-state index is 12.3. The molecule has 1 saturated heterocycles. The van der Waals surface area contributed by atoms with Crippen molar-refractivity contribution in [2.24, 2.45) is 5.73 Å². The van der Waals surface area contributed by atoms with E-state index >= 15 is 0 Å². The molecule has 2 rings (SSSR count). The third-order valence-electron chi connectivity index (χ3n) is 3.73. The van der Waals surface area contributed by atoms with Crippen molar-refractivity contribution >= 4 is 23.2 Å². The quantitative estimate of drug-likeness (QED) is 0.847. The van der Waals surface area contributed by atoms with E-state index in [0.717, 1.165) is 10.4 Å². The Labute approximate surface area is 123 Å². The second-order valence-electron chi connectivity index (χ2n) is 5.16. The highest BCUT2D eigenvalue weighted by Crippen LogP contribution is 2.32. The molecule has 2 atom stereocenters. The summed E-state index contributed by atoms with van der Waals surface area (Å²) in [6.07, 6.45) is 0. The van der Waals surface area contributed by atoms with Crippen LogP contribution in [0.2, 0.25) is 0 Å². The molecule has 1 aromatic heterocycles. The highest BCUT2D eigenvalue weighted by atomic mass is 32.1. The number of hydrogen-bond donors (Lipinski definition) is 1. The van der Waals surface area contributed by atoms with Crippen LogP contribution >= 0.6 is 11.3 Å². The Morgan fingerprint density at radius 2 is 2.05 bits per heavy atom. The molecule has 2 unspecified atom stereocenters. The molecular formula is C14H21N3O2S. The topological polar surface area (TPSA) is 66.6 Å². The molecule has 2 N–H and O–H groups in total. The largest absolute Gasteiger partial charge is 0.333 e. The van der Waals surface area contributed by atoms with Crippen LogP contribution in [0.25, 0.3) is 0 Å². The SMILES string of the molecule is CCN1CCN(C(c2sccc2C)C(C)N)C(=O)C1=O. The van der Waals surface area contributed by atoms with Gasteiger partial charge in [0.15, 0.2) is 0 Å². The Bertz CT molecular complexity index is 512. The van der Waals surface area contributed by atoms with Crippen molar-refractivity contribution in [1.29, 1.82) is 0 Å². The first-order valence-corrected chi connectivity index (χ1v) is 7.74. The van der Waals surface area contributed by atoms with Gasteiger partial charge in [-0.25, -0.2) is 0 Å². The van der Waals surface area contributed by atoms with Crippen LogP contribution in [0.5, 0.6) is 0 Å². The van der Waals surface area contributed by atoms with E-state index < -0.39 is 11.8 Å². The van der Waals surface area contributed by atoms with Crippen molar-refractivity contribution in [2.45, 2.75) is 32.9 Å². The molecule has 110 valence electrons. The summed E-state index contributed by atoms with van der Waals surface area (Å²) in [6.45, 7) is 7.47. The molecule has 1 aromatic rings. The van der Waals surface area contributed by atoms with Crippen molar-refractivity contribution in [3.63, 3.8) is 0 Å². The maximum atomic E-state index is 12.3. The van der Waals surface area contributed by atoms with Crippen LogP contribution in [0.4, 0.5) is 0 Å². The van der Waals surface area contributed by atoms with E-state index in [1.54, 1.807) is 21.1 Å². The van der Waals surface area contributed by atoms with Crippen molar-refractivity contribution in [3.05, 3.63) is 21.9 Å². The molecule has 2 amide bonds. The Kier molecular flexibility index (Phi) is 4.45. The first kappa shape index (κ1) is 15.0. The van der Waals surface area contributed by atoms with Gasteiger partial charge < -0.3 is 15.5 Å². The zero-order valence-corrected chi connectivity index (χ0v) is 12.9. The summed E-state index contributed by atoms with van der Waals surface area (Å²) < 4.78 is 0. The minimum atomic E-state index is -0.437. The van der Waals surface area contributed by atoms with Crippen LogP contribution in [0, 0.1) is 6.92 Å². The van der Waals surface area contributed by atoms with Crippen LogP contribution in [-0.4, -0.2) is 47.3 Å².